The van der Waals surface area contributed by atoms with Gasteiger partial charge in [-0.15, -0.1) is 33.2 Å². The van der Waals surface area contributed by atoms with E-state index in [1.807, 2.05) is 12.3 Å². The summed E-state index contributed by atoms with van der Waals surface area (Å²) in [7, 11) is 0. The van der Waals surface area contributed by atoms with E-state index in [1.165, 1.54) is 44.2 Å². The predicted molar refractivity (Wildman–Crippen MR) is 124 cm³/mol. The first-order valence-corrected chi connectivity index (χ1v) is 16.1. The third-order valence-electron chi connectivity index (χ3n) is 4.86. The van der Waals surface area contributed by atoms with Gasteiger partial charge in [0, 0.05) is 18.3 Å². The Kier molecular flexibility index (Phi) is 15.4. The summed E-state index contributed by atoms with van der Waals surface area (Å²) in [5.41, 5.74) is 1.30. The maximum Gasteiger partial charge on any atom is 0.341 e. The Morgan fingerprint density at radius 1 is 0.857 bits per heavy atom. The maximum absolute atomic E-state index is 11.7. The van der Waals surface area contributed by atoms with E-state index in [0.29, 0.717) is 13.0 Å². The number of hydrogen-bond acceptors (Lipinski definition) is 2. The van der Waals surface area contributed by atoms with Crippen LogP contribution in [0.25, 0.3) is 0 Å². The number of rotatable bonds is 18. The van der Waals surface area contributed by atoms with Gasteiger partial charge in [-0.1, -0.05) is 57.8 Å². The van der Waals surface area contributed by atoms with Gasteiger partial charge < -0.3 is 9.72 Å². The molecule has 1 rings (SSSR count). The average molecular weight is 469 g/mol. The van der Waals surface area contributed by atoms with Crippen LogP contribution in [0.15, 0.2) is 18.3 Å². The Morgan fingerprint density at radius 2 is 1.46 bits per heavy atom. The highest BCUT2D eigenvalue weighted by atomic mass is 35.8. The fourth-order valence-electron chi connectivity index (χ4n) is 3.21. The summed E-state index contributed by atoms with van der Waals surface area (Å²) in [5, 5.41) is 0. The fourth-order valence-corrected chi connectivity index (χ4v) is 5.06. The van der Waals surface area contributed by atoms with Crippen molar-refractivity contribution in [1.29, 1.82) is 0 Å². The minimum absolute atomic E-state index is 0.0396. The molecule has 0 amide bonds. The van der Waals surface area contributed by atoms with Crippen LogP contribution < -0.4 is 0 Å². The number of carbonyl (C=O) groups excluding carboxylic acids is 1. The van der Waals surface area contributed by atoms with Gasteiger partial charge in [-0.05, 0) is 43.9 Å². The number of aryl methyl sites for hydroxylation is 1. The molecule has 0 radical (unpaired) electrons. The lowest BCUT2D eigenvalue weighted by Crippen LogP contribution is -2.07. The molecule has 28 heavy (non-hydrogen) atoms. The first-order valence-electron chi connectivity index (χ1n) is 10.8. The molecule has 1 aromatic rings. The molecule has 0 aliphatic rings. The Morgan fingerprint density at radius 3 is 2.11 bits per heavy atom. The van der Waals surface area contributed by atoms with Gasteiger partial charge in [-0.3, -0.25) is 4.79 Å². The summed E-state index contributed by atoms with van der Waals surface area (Å²) in [5.74, 6) is -0.0396. The molecule has 0 saturated carbocycles. The third-order valence-corrected chi connectivity index (χ3v) is 7.48. The Labute approximate surface area is 186 Å². The zero-order valence-electron chi connectivity index (χ0n) is 17.0. The lowest BCUT2D eigenvalue weighted by atomic mass is 10.1. The second kappa shape index (κ2) is 16.6. The van der Waals surface area contributed by atoms with Crippen LogP contribution in [0.1, 0.15) is 89.2 Å². The van der Waals surface area contributed by atoms with Gasteiger partial charge in [0.2, 0.25) is 0 Å². The van der Waals surface area contributed by atoms with Crippen LogP contribution in [0.3, 0.4) is 0 Å². The van der Waals surface area contributed by atoms with Crippen LogP contribution >= 0.6 is 33.2 Å². The number of unbranched alkanes of at least 4 members (excludes halogenated alkanes) is 10. The summed E-state index contributed by atoms with van der Waals surface area (Å²) in [6.45, 7) is 0.568. The fraction of sp³-hybridized carbons (Fsp3) is 0.762. The summed E-state index contributed by atoms with van der Waals surface area (Å²) in [6.07, 6.45) is 17.2. The van der Waals surface area contributed by atoms with Gasteiger partial charge >= 0.3 is 12.0 Å². The van der Waals surface area contributed by atoms with Gasteiger partial charge in [-0.25, -0.2) is 0 Å². The molecule has 1 aromatic heterocycles. The van der Waals surface area contributed by atoms with Gasteiger partial charge in [-0.2, -0.15) is 0 Å². The molecule has 0 unspecified atom stereocenters. The smallest absolute Gasteiger partial charge is 0.341 e. The molecule has 0 aromatic carbocycles. The Bertz CT molecular complexity index is 492. The first kappa shape index (κ1) is 25.9. The van der Waals surface area contributed by atoms with Crippen molar-refractivity contribution in [2.24, 2.45) is 0 Å². The van der Waals surface area contributed by atoms with Crippen molar-refractivity contribution < 1.29 is 9.53 Å². The number of nitrogens with one attached hydrogen (secondary N) is 1. The van der Waals surface area contributed by atoms with Crippen molar-refractivity contribution in [1.82, 2.24) is 4.98 Å². The number of H-pyrrole nitrogens is 1. The number of esters is 1. The Balaban J connectivity index is 1.77. The molecule has 1 heterocycles. The number of hydrogen-bond donors (Lipinski definition) is 1. The van der Waals surface area contributed by atoms with E-state index in [2.05, 4.69) is 11.1 Å². The molecule has 0 bridgehead atoms. The highest BCUT2D eigenvalue weighted by Crippen LogP contribution is 2.27. The highest BCUT2D eigenvalue weighted by molar-refractivity contribution is 7.64. The molecule has 0 atom stereocenters. The zero-order chi connectivity index (χ0) is 20.5. The highest BCUT2D eigenvalue weighted by Gasteiger charge is 2.23. The SMILES string of the molecule is O=C(CCCCCCCCCC[Si](Cl)(Cl)Cl)OCCCCCCc1ccc[nH]1. The lowest BCUT2D eigenvalue weighted by Gasteiger charge is -2.07. The van der Waals surface area contributed by atoms with Crippen molar-refractivity contribution in [3.63, 3.8) is 0 Å². The minimum Gasteiger partial charge on any atom is -0.466 e. The van der Waals surface area contributed by atoms with Crippen LogP contribution in [0.4, 0.5) is 0 Å². The molecule has 1 N–H and O–H groups in total. The number of aromatic amines is 1. The van der Waals surface area contributed by atoms with E-state index in [-0.39, 0.29) is 5.97 Å². The van der Waals surface area contributed by atoms with Crippen molar-refractivity contribution >= 4 is 45.2 Å². The van der Waals surface area contributed by atoms with Gasteiger partial charge in [0.25, 0.3) is 0 Å². The number of carbonyl (C=O) groups is 1. The first-order chi connectivity index (χ1) is 13.5. The van der Waals surface area contributed by atoms with Crippen LogP contribution in [0.2, 0.25) is 6.04 Å². The van der Waals surface area contributed by atoms with Crippen molar-refractivity contribution in [2.45, 2.75) is 95.9 Å². The van der Waals surface area contributed by atoms with Crippen molar-refractivity contribution in [3.05, 3.63) is 24.0 Å². The molecule has 0 aliphatic heterocycles. The monoisotopic (exact) mass is 467 g/mol. The molecule has 0 aliphatic carbocycles. The van der Waals surface area contributed by atoms with E-state index in [9.17, 15) is 4.79 Å². The van der Waals surface area contributed by atoms with Crippen LogP contribution in [-0.4, -0.2) is 23.6 Å². The van der Waals surface area contributed by atoms with Gasteiger partial charge in [0.1, 0.15) is 0 Å². The number of halogens is 3. The summed E-state index contributed by atoms with van der Waals surface area (Å²) in [6, 6.07) is 2.52. The molecule has 162 valence electrons. The van der Waals surface area contributed by atoms with Crippen LogP contribution in [0.5, 0.6) is 0 Å². The van der Waals surface area contributed by atoms with Crippen LogP contribution in [0, 0.1) is 0 Å². The maximum atomic E-state index is 11.7. The van der Waals surface area contributed by atoms with E-state index in [4.69, 9.17) is 38.0 Å². The lowest BCUT2D eigenvalue weighted by molar-refractivity contribution is -0.143. The third kappa shape index (κ3) is 16.8. The van der Waals surface area contributed by atoms with E-state index < -0.39 is 6.00 Å². The summed E-state index contributed by atoms with van der Waals surface area (Å²) in [4.78, 5) is 14.9. The topological polar surface area (TPSA) is 42.1 Å². The molecule has 7 heteroatoms. The quantitative estimate of drug-likeness (QED) is 0.103. The summed E-state index contributed by atoms with van der Waals surface area (Å²) >= 11 is 17.6. The number of aromatic nitrogens is 1. The summed E-state index contributed by atoms with van der Waals surface area (Å²) < 4.78 is 5.32. The second-order valence-corrected chi connectivity index (χ2v) is 16.8. The average Bonchev–Trinajstić information content (AvgIpc) is 3.15. The zero-order valence-corrected chi connectivity index (χ0v) is 20.3. The normalized spacial score (nSPS) is 11.7. The molecule has 0 saturated heterocycles. The van der Waals surface area contributed by atoms with Gasteiger partial charge in [0.15, 0.2) is 0 Å². The minimum atomic E-state index is -2.41. The second-order valence-electron chi connectivity index (χ2n) is 7.52. The van der Waals surface area contributed by atoms with Gasteiger partial charge in [0.05, 0.1) is 6.61 Å². The molecule has 0 fully saturated rings. The van der Waals surface area contributed by atoms with Crippen molar-refractivity contribution in [2.75, 3.05) is 6.61 Å². The number of ether oxygens (including phenoxy) is 1. The molecular weight excluding hydrogens is 433 g/mol. The molecule has 3 nitrogen and oxygen atoms in total. The van der Waals surface area contributed by atoms with E-state index >= 15 is 0 Å². The van der Waals surface area contributed by atoms with Crippen molar-refractivity contribution in [3.8, 4) is 0 Å². The Hall–Kier alpha value is -0.163. The largest absolute Gasteiger partial charge is 0.466 e. The van der Waals surface area contributed by atoms with E-state index in [0.717, 1.165) is 51.0 Å². The predicted octanol–water partition coefficient (Wildman–Crippen LogP) is 7.83. The van der Waals surface area contributed by atoms with Crippen LogP contribution in [-0.2, 0) is 16.0 Å². The molecule has 0 spiro atoms. The molecular formula is C21H36Cl3NO2Si. The van der Waals surface area contributed by atoms with E-state index in [1.54, 1.807) is 0 Å². The standard InChI is InChI=1S/C21H36Cl3NO2Si/c22-28(23,24)19-12-8-4-2-1-3-5-10-16-21(26)27-18-11-7-6-9-14-20-15-13-17-25-20/h13,15,17,25H,1-12,14,16,18-19H2.